The molecule has 0 saturated heterocycles. The first-order chi connectivity index (χ1) is 8.11. The van der Waals surface area contributed by atoms with Crippen molar-refractivity contribution in [3.8, 4) is 0 Å². The van der Waals surface area contributed by atoms with Gasteiger partial charge in [-0.3, -0.25) is 0 Å². The number of hydrogen-bond acceptors (Lipinski definition) is 1. The summed E-state index contributed by atoms with van der Waals surface area (Å²) in [4.78, 5) is 0. The molecule has 0 bridgehead atoms. The second-order valence-electron chi connectivity index (χ2n) is 5.44. The Morgan fingerprint density at radius 2 is 1.82 bits per heavy atom. The fourth-order valence-corrected chi connectivity index (χ4v) is 5.90. The van der Waals surface area contributed by atoms with Crippen molar-refractivity contribution in [1.29, 1.82) is 0 Å². The van der Waals surface area contributed by atoms with E-state index < -0.39 is 0 Å². The van der Waals surface area contributed by atoms with Gasteiger partial charge in [0, 0.05) is 12.2 Å². The second kappa shape index (κ2) is 5.40. The van der Waals surface area contributed by atoms with E-state index in [0.717, 1.165) is 17.9 Å². The zero-order valence-electron chi connectivity index (χ0n) is 11.5. The van der Waals surface area contributed by atoms with Gasteiger partial charge in [0.05, 0.1) is 0 Å². The molecular formula is C15H24NP. The minimum absolute atomic E-state index is 0.0509. The van der Waals surface area contributed by atoms with Gasteiger partial charge < -0.3 is 5.32 Å². The molecule has 0 unspecified atom stereocenters. The van der Waals surface area contributed by atoms with Crippen LogP contribution >= 0.6 is 7.92 Å². The number of benzene rings is 1. The first-order valence-electron chi connectivity index (χ1n) is 6.75. The molecular weight excluding hydrogens is 225 g/mol. The van der Waals surface area contributed by atoms with Gasteiger partial charge in [0.1, 0.15) is 0 Å². The Morgan fingerprint density at radius 3 is 2.47 bits per heavy atom. The summed E-state index contributed by atoms with van der Waals surface area (Å²) < 4.78 is 0. The van der Waals surface area contributed by atoms with Gasteiger partial charge in [-0.15, -0.1) is 0 Å². The van der Waals surface area contributed by atoms with E-state index in [1.807, 2.05) is 0 Å². The van der Waals surface area contributed by atoms with Crippen LogP contribution in [-0.2, 0) is 6.42 Å². The van der Waals surface area contributed by atoms with E-state index in [0.29, 0.717) is 0 Å². The van der Waals surface area contributed by atoms with Gasteiger partial charge in [0.15, 0.2) is 0 Å². The summed E-state index contributed by atoms with van der Waals surface area (Å²) in [5, 5.41) is 5.24. The minimum atomic E-state index is -0.0509. The van der Waals surface area contributed by atoms with E-state index in [1.54, 1.807) is 5.30 Å². The fourth-order valence-electron chi connectivity index (χ4n) is 2.86. The Bertz CT molecular complexity index is 377. The molecule has 1 N–H and O–H groups in total. The topological polar surface area (TPSA) is 12.0 Å². The maximum atomic E-state index is 3.64. The van der Waals surface area contributed by atoms with Crippen LogP contribution in [0.5, 0.6) is 0 Å². The van der Waals surface area contributed by atoms with Crippen LogP contribution in [0.2, 0.25) is 0 Å². The number of aryl methyl sites for hydroxylation is 1. The van der Waals surface area contributed by atoms with E-state index in [4.69, 9.17) is 0 Å². The van der Waals surface area contributed by atoms with Gasteiger partial charge in [0.25, 0.3) is 0 Å². The van der Waals surface area contributed by atoms with Crippen LogP contribution in [0, 0.1) is 0 Å². The highest BCUT2D eigenvalue weighted by molar-refractivity contribution is 7.67. The van der Waals surface area contributed by atoms with Crippen molar-refractivity contribution in [3.63, 3.8) is 0 Å². The molecule has 1 aromatic carbocycles. The number of hydrogen-bond donors (Lipinski definition) is 1. The third-order valence-electron chi connectivity index (χ3n) is 3.44. The summed E-state index contributed by atoms with van der Waals surface area (Å²) in [5.41, 5.74) is 4.52. The molecule has 0 saturated carbocycles. The Kier molecular flexibility index (Phi) is 4.09. The van der Waals surface area contributed by atoms with Crippen molar-refractivity contribution in [1.82, 2.24) is 0 Å². The molecule has 0 spiro atoms. The first-order valence-corrected chi connectivity index (χ1v) is 8.23. The van der Waals surface area contributed by atoms with Crippen LogP contribution in [0.3, 0.4) is 0 Å². The van der Waals surface area contributed by atoms with E-state index in [2.05, 4.69) is 51.2 Å². The van der Waals surface area contributed by atoms with Crippen molar-refractivity contribution in [2.45, 2.75) is 51.9 Å². The number of para-hydroxylation sites is 1. The molecule has 94 valence electrons. The largest absolute Gasteiger partial charge is 0.384 e. The predicted molar refractivity (Wildman–Crippen MR) is 80.1 cm³/mol. The van der Waals surface area contributed by atoms with E-state index in [-0.39, 0.29) is 7.92 Å². The molecule has 0 amide bonds. The lowest BCUT2D eigenvalue weighted by Crippen LogP contribution is -2.23. The lowest BCUT2D eigenvalue weighted by atomic mass is 10.0. The smallest absolute Gasteiger partial charge is 0.0451 e. The highest BCUT2D eigenvalue weighted by Crippen LogP contribution is 2.47. The molecule has 1 aliphatic heterocycles. The number of rotatable bonds is 3. The monoisotopic (exact) mass is 249 g/mol. The van der Waals surface area contributed by atoms with Crippen LogP contribution in [0.25, 0.3) is 0 Å². The van der Waals surface area contributed by atoms with Crippen LogP contribution in [-0.4, -0.2) is 17.9 Å². The third-order valence-corrected chi connectivity index (χ3v) is 6.60. The molecule has 2 rings (SSSR count). The molecule has 0 fully saturated rings. The normalized spacial score (nSPS) is 15.2. The van der Waals surface area contributed by atoms with Crippen molar-refractivity contribution < 1.29 is 0 Å². The maximum Gasteiger partial charge on any atom is 0.0451 e. The summed E-state index contributed by atoms with van der Waals surface area (Å²) >= 11 is 0. The van der Waals surface area contributed by atoms with Gasteiger partial charge in [0.2, 0.25) is 0 Å². The van der Waals surface area contributed by atoms with E-state index in [1.165, 1.54) is 24.1 Å². The van der Waals surface area contributed by atoms with Gasteiger partial charge in [-0.1, -0.05) is 53.8 Å². The van der Waals surface area contributed by atoms with Gasteiger partial charge in [-0.05, 0) is 35.0 Å². The summed E-state index contributed by atoms with van der Waals surface area (Å²) in [6.07, 6.45) is 2.52. The molecule has 1 aliphatic rings. The Balaban J connectivity index is 2.43. The minimum Gasteiger partial charge on any atom is -0.384 e. The highest BCUT2D eigenvalue weighted by atomic mass is 31.1. The van der Waals surface area contributed by atoms with Gasteiger partial charge in [-0.2, -0.15) is 0 Å². The van der Waals surface area contributed by atoms with Crippen molar-refractivity contribution in [2.24, 2.45) is 0 Å². The van der Waals surface area contributed by atoms with Crippen LogP contribution < -0.4 is 10.6 Å². The van der Waals surface area contributed by atoms with Gasteiger partial charge >= 0.3 is 0 Å². The highest BCUT2D eigenvalue weighted by Gasteiger charge is 2.23. The number of nitrogens with one attached hydrogen (secondary N) is 1. The molecule has 0 atom stereocenters. The van der Waals surface area contributed by atoms with Gasteiger partial charge in [-0.25, -0.2) is 0 Å². The zero-order chi connectivity index (χ0) is 12.4. The van der Waals surface area contributed by atoms with Crippen LogP contribution in [0.1, 0.15) is 39.7 Å². The summed E-state index contributed by atoms with van der Waals surface area (Å²) in [6.45, 7) is 10.6. The average Bonchev–Trinajstić information content (AvgIpc) is 2.28. The zero-order valence-corrected chi connectivity index (χ0v) is 12.3. The van der Waals surface area contributed by atoms with Crippen molar-refractivity contribution >= 4 is 18.9 Å². The summed E-state index contributed by atoms with van der Waals surface area (Å²) in [5.74, 6) is 0. The van der Waals surface area contributed by atoms with Crippen LogP contribution in [0.4, 0.5) is 5.69 Å². The number of fused-ring (bicyclic) bond motifs is 1. The SMILES string of the molecule is CC(C)P(c1cccc2c1NCCC2)C(C)C. The van der Waals surface area contributed by atoms with Crippen molar-refractivity contribution in [3.05, 3.63) is 23.8 Å². The Labute approximate surface area is 107 Å². The predicted octanol–water partition coefficient (Wildman–Crippen LogP) is 3.97. The molecule has 0 aromatic heterocycles. The number of anilines is 1. The standard InChI is InChI=1S/C15H24NP/c1-11(2)17(12(3)4)14-9-5-7-13-8-6-10-16-15(13)14/h5,7,9,11-12,16H,6,8,10H2,1-4H3. The molecule has 2 heteroatoms. The first kappa shape index (κ1) is 12.9. The molecule has 1 heterocycles. The van der Waals surface area contributed by atoms with E-state index >= 15 is 0 Å². The lowest BCUT2D eigenvalue weighted by molar-refractivity contribution is 0.832. The third kappa shape index (κ3) is 2.65. The molecule has 17 heavy (non-hydrogen) atoms. The quantitative estimate of drug-likeness (QED) is 0.799. The van der Waals surface area contributed by atoms with E-state index in [9.17, 15) is 0 Å². The van der Waals surface area contributed by atoms with Crippen LogP contribution in [0.15, 0.2) is 18.2 Å². The average molecular weight is 249 g/mol. The summed E-state index contributed by atoms with van der Waals surface area (Å²) in [7, 11) is -0.0509. The Hall–Kier alpha value is -0.550. The van der Waals surface area contributed by atoms with Crippen molar-refractivity contribution in [2.75, 3.05) is 11.9 Å². The summed E-state index contributed by atoms with van der Waals surface area (Å²) in [6, 6.07) is 6.89. The molecule has 1 nitrogen and oxygen atoms in total. The second-order valence-corrected chi connectivity index (χ2v) is 8.80. The lowest BCUT2D eigenvalue weighted by Gasteiger charge is -2.31. The fraction of sp³-hybridized carbons (Fsp3) is 0.600. The maximum absolute atomic E-state index is 3.64. The molecule has 0 radical (unpaired) electrons. The Morgan fingerprint density at radius 1 is 1.12 bits per heavy atom. The molecule has 0 aliphatic carbocycles. The molecule has 1 aromatic rings.